The van der Waals surface area contributed by atoms with Crippen LogP contribution in [0.3, 0.4) is 0 Å². The Kier molecular flexibility index (Phi) is 3.22. The van der Waals surface area contributed by atoms with Crippen molar-refractivity contribution in [1.29, 1.82) is 0 Å². The highest BCUT2D eigenvalue weighted by Gasteiger charge is 2.23. The molecule has 1 aromatic rings. The zero-order valence-electron chi connectivity index (χ0n) is 10.0. The van der Waals surface area contributed by atoms with Gasteiger partial charge >= 0.3 is 0 Å². The van der Waals surface area contributed by atoms with Gasteiger partial charge in [0, 0.05) is 18.8 Å². The number of phenols is 1. The quantitative estimate of drug-likeness (QED) is 0.575. The van der Waals surface area contributed by atoms with Gasteiger partial charge in [-0.2, -0.15) is 0 Å². The van der Waals surface area contributed by atoms with Crippen molar-refractivity contribution in [3.63, 3.8) is 0 Å². The zero-order chi connectivity index (χ0) is 12.4. The van der Waals surface area contributed by atoms with Gasteiger partial charge in [-0.25, -0.2) is 0 Å². The molecule has 0 aliphatic carbocycles. The van der Waals surface area contributed by atoms with Crippen LogP contribution in [-0.2, 0) is 0 Å². The lowest BCUT2D eigenvalue weighted by Crippen LogP contribution is -2.39. The normalized spacial score (nSPS) is 20.3. The lowest BCUT2D eigenvalue weighted by molar-refractivity contribution is 0.0683. The van der Waals surface area contributed by atoms with Crippen molar-refractivity contribution in [1.82, 2.24) is 4.90 Å². The fourth-order valence-corrected chi connectivity index (χ4v) is 2.27. The molecule has 1 atom stereocenters. The number of rotatable bonds is 1. The van der Waals surface area contributed by atoms with E-state index < -0.39 is 0 Å². The first kappa shape index (κ1) is 11.8. The van der Waals surface area contributed by atoms with Gasteiger partial charge in [-0.15, -0.1) is 0 Å². The highest BCUT2D eigenvalue weighted by molar-refractivity contribution is 5.99. The lowest BCUT2D eigenvalue weighted by Gasteiger charge is -2.31. The SMILES string of the molecule is CC1CCCN(C(=O)c2cc(O)ccc2N)C1. The Hall–Kier alpha value is -1.71. The molecule has 17 heavy (non-hydrogen) atoms. The Morgan fingerprint density at radius 3 is 3.00 bits per heavy atom. The third-order valence-corrected chi connectivity index (χ3v) is 3.21. The molecule has 0 radical (unpaired) electrons. The summed E-state index contributed by atoms with van der Waals surface area (Å²) in [7, 11) is 0. The van der Waals surface area contributed by atoms with E-state index in [0.717, 1.165) is 19.5 Å². The highest BCUT2D eigenvalue weighted by Crippen LogP contribution is 2.23. The fourth-order valence-electron chi connectivity index (χ4n) is 2.27. The van der Waals surface area contributed by atoms with E-state index in [0.29, 0.717) is 17.2 Å². The average Bonchev–Trinajstić information content (AvgIpc) is 2.31. The molecule has 0 bridgehead atoms. The largest absolute Gasteiger partial charge is 0.508 e. The van der Waals surface area contributed by atoms with Crippen LogP contribution in [0.1, 0.15) is 30.1 Å². The maximum Gasteiger partial charge on any atom is 0.256 e. The molecule has 1 amide bonds. The predicted octanol–water partition coefficient (Wildman–Crippen LogP) is 1.85. The standard InChI is InChI=1S/C13H18N2O2/c1-9-3-2-6-15(8-9)13(17)11-7-10(16)4-5-12(11)14/h4-5,7,9,16H,2-3,6,8,14H2,1H3. The van der Waals surface area contributed by atoms with Gasteiger partial charge in [-0.1, -0.05) is 6.92 Å². The van der Waals surface area contributed by atoms with Crippen molar-refractivity contribution in [3.8, 4) is 5.75 Å². The van der Waals surface area contributed by atoms with Crippen molar-refractivity contribution in [3.05, 3.63) is 23.8 Å². The molecule has 92 valence electrons. The summed E-state index contributed by atoms with van der Waals surface area (Å²) in [5.41, 5.74) is 6.60. The summed E-state index contributed by atoms with van der Waals surface area (Å²) in [5.74, 6) is 0.531. The number of nitrogens with two attached hydrogens (primary N) is 1. The molecule has 1 aliphatic heterocycles. The summed E-state index contributed by atoms with van der Waals surface area (Å²) in [6.07, 6.45) is 2.20. The van der Waals surface area contributed by atoms with Gasteiger partial charge in [-0.05, 0) is 37.0 Å². The molecule has 3 N–H and O–H groups in total. The van der Waals surface area contributed by atoms with Crippen LogP contribution < -0.4 is 5.73 Å². The first-order valence-corrected chi connectivity index (χ1v) is 5.95. The van der Waals surface area contributed by atoms with Crippen LogP contribution in [0.4, 0.5) is 5.69 Å². The monoisotopic (exact) mass is 234 g/mol. The van der Waals surface area contributed by atoms with Gasteiger partial charge in [0.25, 0.3) is 5.91 Å². The first-order valence-electron chi connectivity index (χ1n) is 5.95. The molecule has 1 unspecified atom stereocenters. The minimum atomic E-state index is -0.0787. The third-order valence-electron chi connectivity index (χ3n) is 3.21. The number of carbonyl (C=O) groups excluding carboxylic acids is 1. The van der Waals surface area contributed by atoms with Crippen LogP contribution in [0.2, 0.25) is 0 Å². The van der Waals surface area contributed by atoms with E-state index in [-0.39, 0.29) is 11.7 Å². The number of piperidine rings is 1. The van der Waals surface area contributed by atoms with E-state index >= 15 is 0 Å². The van der Waals surface area contributed by atoms with Crippen LogP contribution in [0, 0.1) is 5.92 Å². The number of aromatic hydroxyl groups is 1. The van der Waals surface area contributed by atoms with E-state index in [9.17, 15) is 9.90 Å². The van der Waals surface area contributed by atoms with Crippen molar-refractivity contribution >= 4 is 11.6 Å². The molecule has 0 spiro atoms. The number of amides is 1. The van der Waals surface area contributed by atoms with E-state index in [1.165, 1.54) is 18.6 Å². The van der Waals surface area contributed by atoms with Crippen LogP contribution in [0.15, 0.2) is 18.2 Å². The second kappa shape index (κ2) is 4.65. The van der Waals surface area contributed by atoms with E-state index in [2.05, 4.69) is 6.92 Å². The molecule has 1 aromatic carbocycles. The van der Waals surface area contributed by atoms with Gasteiger partial charge in [0.1, 0.15) is 5.75 Å². The molecular weight excluding hydrogens is 216 g/mol. The van der Waals surface area contributed by atoms with Gasteiger partial charge in [-0.3, -0.25) is 4.79 Å². The second-order valence-corrected chi connectivity index (χ2v) is 4.77. The Bertz CT molecular complexity index is 431. The zero-order valence-corrected chi connectivity index (χ0v) is 10.0. The number of nitrogen functional groups attached to an aromatic ring is 1. The van der Waals surface area contributed by atoms with Crippen LogP contribution in [-0.4, -0.2) is 29.0 Å². The molecule has 1 saturated heterocycles. The molecule has 4 nitrogen and oxygen atoms in total. The van der Waals surface area contributed by atoms with Crippen LogP contribution in [0.5, 0.6) is 5.75 Å². The number of hydrogen-bond acceptors (Lipinski definition) is 3. The van der Waals surface area contributed by atoms with Crippen molar-refractivity contribution in [2.24, 2.45) is 5.92 Å². The number of anilines is 1. The predicted molar refractivity (Wildman–Crippen MR) is 66.8 cm³/mol. The summed E-state index contributed by atoms with van der Waals surface area (Å²) in [6, 6.07) is 4.50. The minimum Gasteiger partial charge on any atom is -0.508 e. The number of benzene rings is 1. The lowest BCUT2D eigenvalue weighted by atomic mass is 9.99. The maximum absolute atomic E-state index is 12.3. The van der Waals surface area contributed by atoms with Crippen LogP contribution >= 0.6 is 0 Å². The van der Waals surface area contributed by atoms with E-state index in [1.54, 1.807) is 6.07 Å². The van der Waals surface area contributed by atoms with Gasteiger partial charge in [0.2, 0.25) is 0 Å². The Morgan fingerprint density at radius 1 is 1.53 bits per heavy atom. The summed E-state index contributed by atoms with van der Waals surface area (Å²) in [4.78, 5) is 14.1. The van der Waals surface area contributed by atoms with Crippen molar-refractivity contribution in [2.45, 2.75) is 19.8 Å². The molecule has 4 heteroatoms. The van der Waals surface area contributed by atoms with E-state index in [4.69, 9.17) is 5.73 Å². The summed E-state index contributed by atoms with van der Waals surface area (Å²) in [5, 5.41) is 9.41. The van der Waals surface area contributed by atoms with Crippen LogP contribution in [0.25, 0.3) is 0 Å². The maximum atomic E-state index is 12.3. The Labute approximate surface area is 101 Å². The number of carbonyl (C=O) groups is 1. The van der Waals surface area contributed by atoms with Crippen molar-refractivity contribution < 1.29 is 9.90 Å². The second-order valence-electron chi connectivity index (χ2n) is 4.77. The molecule has 0 aromatic heterocycles. The van der Waals surface area contributed by atoms with Gasteiger partial charge < -0.3 is 15.7 Å². The number of likely N-dealkylation sites (tertiary alicyclic amines) is 1. The Morgan fingerprint density at radius 2 is 2.29 bits per heavy atom. The number of hydrogen-bond donors (Lipinski definition) is 2. The summed E-state index contributed by atoms with van der Waals surface area (Å²) >= 11 is 0. The highest BCUT2D eigenvalue weighted by atomic mass is 16.3. The molecule has 0 saturated carbocycles. The molecule has 1 fully saturated rings. The van der Waals surface area contributed by atoms with Crippen molar-refractivity contribution in [2.75, 3.05) is 18.8 Å². The number of phenolic OH excluding ortho intramolecular Hbond substituents is 1. The van der Waals surface area contributed by atoms with Gasteiger partial charge in [0.15, 0.2) is 0 Å². The summed E-state index contributed by atoms with van der Waals surface area (Å²) < 4.78 is 0. The molecule has 1 aliphatic rings. The fraction of sp³-hybridized carbons (Fsp3) is 0.462. The molecule has 2 rings (SSSR count). The van der Waals surface area contributed by atoms with E-state index in [1.807, 2.05) is 4.90 Å². The topological polar surface area (TPSA) is 66.6 Å². The smallest absolute Gasteiger partial charge is 0.256 e. The Balaban J connectivity index is 2.21. The molecular formula is C13H18N2O2. The average molecular weight is 234 g/mol. The molecule has 1 heterocycles. The first-order chi connectivity index (χ1) is 8.08. The minimum absolute atomic E-state index is 0.0765. The summed E-state index contributed by atoms with van der Waals surface area (Å²) in [6.45, 7) is 3.69. The third kappa shape index (κ3) is 2.52. The number of nitrogens with zero attached hydrogens (tertiary/aromatic N) is 1. The van der Waals surface area contributed by atoms with Gasteiger partial charge in [0.05, 0.1) is 5.56 Å².